The normalized spacial score (nSPS) is 15.7. The summed E-state index contributed by atoms with van der Waals surface area (Å²) in [6, 6.07) is 14.0. The molecule has 0 spiro atoms. The van der Waals surface area contributed by atoms with Crippen LogP contribution in [0.15, 0.2) is 42.5 Å². The van der Waals surface area contributed by atoms with Crippen LogP contribution in [0.2, 0.25) is 0 Å². The highest BCUT2D eigenvalue weighted by atomic mass is 16.2. The van der Waals surface area contributed by atoms with Crippen molar-refractivity contribution in [1.29, 1.82) is 0 Å². The predicted octanol–water partition coefficient (Wildman–Crippen LogP) is 3.77. The van der Waals surface area contributed by atoms with Gasteiger partial charge in [0.15, 0.2) is 5.69 Å². The molecule has 0 unspecified atom stereocenters. The van der Waals surface area contributed by atoms with E-state index >= 15 is 0 Å². The average molecular weight is 359 g/mol. The van der Waals surface area contributed by atoms with E-state index in [0.717, 1.165) is 53.7 Å². The lowest BCUT2D eigenvalue weighted by Crippen LogP contribution is -2.38. The van der Waals surface area contributed by atoms with Crippen molar-refractivity contribution in [2.75, 3.05) is 13.1 Å². The third-order valence-electron chi connectivity index (χ3n) is 5.57. The van der Waals surface area contributed by atoms with Crippen molar-refractivity contribution >= 4 is 27.8 Å². The number of amides is 1. The Balaban J connectivity index is 1.33. The molecule has 6 nitrogen and oxygen atoms in total. The minimum Gasteiger partial charge on any atom is -0.342 e. The molecule has 1 aliphatic heterocycles. The molecule has 27 heavy (non-hydrogen) atoms. The highest BCUT2D eigenvalue weighted by Crippen LogP contribution is 2.29. The second-order valence-corrected chi connectivity index (χ2v) is 7.28. The Labute approximate surface area is 156 Å². The number of para-hydroxylation sites is 2. The lowest BCUT2D eigenvalue weighted by Gasteiger charge is -2.30. The summed E-state index contributed by atoms with van der Waals surface area (Å²) in [7, 11) is 0. The molecule has 1 saturated heterocycles. The minimum atomic E-state index is 0.00588. The summed E-state index contributed by atoms with van der Waals surface area (Å²) in [5.41, 5.74) is 4.74. The number of nitrogens with one attached hydrogen (secondary N) is 2. The SMILES string of the molecule is Cc1cccc2[nH]c(C3CCN(C(=O)c4n[nH]c5ccccc45)CC3)nc12. The van der Waals surface area contributed by atoms with Gasteiger partial charge in [0.2, 0.25) is 0 Å². The quantitative estimate of drug-likeness (QED) is 0.572. The Kier molecular flexibility index (Phi) is 3.70. The van der Waals surface area contributed by atoms with Crippen molar-refractivity contribution in [3.05, 3.63) is 59.5 Å². The van der Waals surface area contributed by atoms with E-state index in [-0.39, 0.29) is 5.91 Å². The molecule has 2 N–H and O–H groups in total. The van der Waals surface area contributed by atoms with Crippen LogP contribution < -0.4 is 0 Å². The van der Waals surface area contributed by atoms with E-state index in [0.29, 0.717) is 11.6 Å². The number of benzene rings is 2. The molecule has 1 aliphatic rings. The Bertz CT molecular complexity index is 1130. The third kappa shape index (κ3) is 2.68. The van der Waals surface area contributed by atoms with Gasteiger partial charge in [-0.1, -0.05) is 30.3 Å². The number of aromatic nitrogens is 4. The van der Waals surface area contributed by atoms with Crippen molar-refractivity contribution in [2.24, 2.45) is 0 Å². The van der Waals surface area contributed by atoms with Gasteiger partial charge >= 0.3 is 0 Å². The van der Waals surface area contributed by atoms with Crippen LogP contribution in [0, 0.1) is 6.92 Å². The van der Waals surface area contributed by atoms with Crippen molar-refractivity contribution in [1.82, 2.24) is 25.1 Å². The highest BCUT2D eigenvalue weighted by molar-refractivity contribution is 6.04. The van der Waals surface area contributed by atoms with Crippen LogP contribution in [-0.2, 0) is 0 Å². The van der Waals surface area contributed by atoms with Gasteiger partial charge in [0, 0.05) is 24.4 Å². The fourth-order valence-electron chi connectivity index (χ4n) is 4.02. The van der Waals surface area contributed by atoms with Gasteiger partial charge in [-0.05, 0) is 37.5 Å². The number of piperidine rings is 1. The van der Waals surface area contributed by atoms with E-state index in [1.807, 2.05) is 29.2 Å². The minimum absolute atomic E-state index is 0.00588. The molecule has 2 aromatic heterocycles. The van der Waals surface area contributed by atoms with Gasteiger partial charge in [0.1, 0.15) is 5.82 Å². The van der Waals surface area contributed by atoms with Crippen LogP contribution in [0.1, 0.15) is 40.6 Å². The van der Waals surface area contributed by atoms with Gasteiger partial charge in [-0.2, -0.15) is 5.10 Å². The zero-order chi connectivity index (χ0) is 18.4. The Morgan fingerprint density at radius 3 is 2.67 bits per heavy atom. The van der Waals surface area contributed by atoms with Crippen LogP contribution in [-0.4, -0.2) is 44.1 Å². The molecule has 2 aromatic carbocycles. The molecule has 6 heteroatoms. The number of aromatic amines is 2. The van der Waals surface area contributed by atoms with E-state index < -0.39 is 0 Å². The fourth-order valence-corrected chi connectivity index (χ4v) is 4.02. The van der Waals surface area contributed by atoms with Crippen molar-refractivity contribution < 1.29 is 4.79 Å². The van der Waals surface area contributed by atoms with Crippen LogP contribution in [0.25, 0.3) is 21.9 Å². The summed E-state index contributed by atoms with van der Waals surface area (Å²) in [4.78, 5) is 23.1. The van der Waals surface area contributed by atoms with Gasteiger partial charge in [-0.3, -0.25) is 9.89 Å². The molecular weight excluding hydrogens is 338 g/mol. The number of fused-ring (bicyclic) bond motifs is 2. The molecule has 1 amide bonds. The van der Waals surface area contributed by atoms with Crippen LogP contribution in [0.5, 0.6) is 0 Å². The van der Waals surface area contributed by atoms with E-state index in [1.54, 1.807) is 0 Å². The largest absolute Gasteiger partial charge is 0.342 e. The van der Waals surface area contributed by atoms with Gasteiger partial charge in [-0.15, -0.1) is 0 Å². The first kappa shape index (κ1) is 16.1. The number of rotatable bonds is 2. The first-order valence-electron chi connectivity index (χ1n) is 9.38. The van der Waals surface area contributed by atoms with Crippen LogP contribution in [0.4, 0.5) is 0 Å². The number of imidazole rings is 1. The molecule has 4 aromatic rings. The number of carbonyl (C=O) groups excluding carboxylic acids is 1. The molecule has 3 heterocycles. The molecule has 1 fully saturated rings. The maximum absolute atomic E-state index is 12.9. The molecule has 0 bridgehead atoms. The van der Waals surface area contributed by atoms with Crippen molar-refractivity contribution in [2.45, 2.75) is 25.7 Å². The molecule has 0 radical (unpaired) electrons. The molecule has 0 saturated carbocycles. The number of nitrogens with zero attached hydrogens (tertiary/aromatic N) is 3. The van der Waals surface area contributed by atoms with Crippen molar-refractivity contribution in [3.63, 3.8) is 0 Å². The Morgan fingerprint density at radius 2 is 1.85 bits per heavy atom. The average Bonchev–Trinajstić information content (AvgIpc) is 3.33. The van der Waals surface area contributed by atoms with Gasteiger partial charge in [0.25, 0.3) is 5.91 Å². The number of carbonyl (C=O) groups is 1. The third-order valence-corrected chi connectivity index (χ3v) is 5.57. The summed E-state index contributed by atoms with van der Waals surface area (Å²) in [6.07, 6.45) is 1.82. The van der Waals surface area contributed by atoms with E-state index in [9.17, 15) is 4.79 Å². The fraction of sp³-hybridized carbons (Fsp3) is 0.286. The Morgan fingerprint density at radius 1 is 1.07 bits per heavy atom. The van der Waals surface area contributed by atoms with E-state index in [2.05, 4.69) is 40.3 Å². The first-order valence-corrected chi connectivity index (χ1v) is 9.38. The van der Waals surface area contributed by atoms with Gasteiger partial charge < -0.3 is 9.88 Å². The topological polar surface area (TPSA) is 77.7 Å². The highest BCUT2D eigenvalue weighted by Gasteiger charge is 2.28. The summed E-state index contributed by atoms with van der Waals surface area (Å²) in [5, 5.41) is 8.09. The number of likely N-dealkylation sites (tertiary alicyclic amines) is 1. The van der Waals surface area contributed by atoms with E-state index in [4.69, 9.17) is 4.98 Å². The van der Waals surface area contributed by atoms with Crippen molar-refractivity contribution in [3.8, 4) is 0 Å². The van der Waals surface area contributed by atoms with Crippen LogP contribution >= 0.6 is 0 Å². The zero-order valence-electron chi connectivity index (χ0n) is 15.2. The monoisotopic (exact) mass is 359 g/mol. The molecule has 136 valence electrons. The van der Waals surface area contributed by atoms with Crippen LogP contribution in [0.3, 0.4) is 0 Å². The lowest BCUT2D eigenvalue weighted by atomic mass is 9.96. The first-order chi connectivity index (χ1) is 13.2. The maximum atomic E-state index is 12.9. The van der Waals surface area contributed by atoms with Gasteiger partial charge in [0.05, 0.1) is 16.6 Å². The second-order valence-electron chi connectivity index (χ2n) is 7.28. The van der Waals surface area contributed by atoms with Gasteiger partial charge in [-0.25, -0.2) is 4.98 Å². The number of H-pyrrole nitrogens is 2. The Hall–Kier alpha value is -3.15. The summed E-state index contributed by atoms with van der Waals surface area (Å²) >= 11 is 0. The summed E-state index contributed by atoms with van der Waals surface area (Å²) in [5.74, 6) is 1.40. The summed E-state index contributed by atoms with van der Waals surface area (Å²) < 4.78 is 0. The number of aryl methyl sites for hydroxylation is 1. The number of hydrogen-bond acceptors (Lipinski definition) is 3. The summed E-state index contributed by atoms with van der Waals surface area (Å²) in [6.45, 7) is 3.53. The molecule has 5 rings (SSSR count). The zero-order valence-corrected chi connectivity index (χ0v) is 15.2. The molecule has 0 aliphatic carbocycles. The predicted molar refractivity (Wildman–Crippen MR) is 105 cm³/mol. The smallest absolute Gasteiger partial charge is 0.274 e. The molecule has 0 atom stereocenters. The number of hydrogen-bond donors (Lipinski definition) is 2. The maximum Gasteiger partial charge on any atom is 0.274 e. The standard InChI is InChI=1S/C21H21N5O/c1-13-5-4-8-17-18(13)23-20(22-17)14-9-11-26(12-10-14)21(27)19-15-6-2-3-7-16(15)24-25-19/h2-8,14H,9-12H2,1H3,(H,22,23)(H,24,25). The van der Waals surface area contributed by atoms with E-state index in [1.165, 1.54) is 5.56 Å². The lowest BCUT2D eigenvalue weighted by molar-refractivity contribution is 0.0707. The molecular formula is C21H21N5O. The second kappa shape index (κ2) is 6.23.